The lowest BCUT2D eigenvalue weighted by atomic mass is 9.89. The van der Waals surface area contributed by atoms with Crippen molar-refractivity contribution in [3.63, 3.8) is 0 Å². The molecule has 0 spiro atoms. The Kier molecular flexibility index (Phi) is 2.86. The second kappa shape index (κ2) is 4.42. The predicted octanol–water partition coefficient (Wildman–Crippen LogP) is 3.00. The van der Waals surface area contributed by atoms with Crippen molar-refractivity contribution in [2.45, 2.75) is 24.8 Å². The number of benzene rings is 2. The average molecular weight is 259 g/mol. The Labute approximate surface area is 111 Å². The molecular formula is C16H15F2N. The van der Waals surface area contributed by atoms with Crippen molar-refractivity contribution in [3.8, 4) is 0 Å². The minimum Gasteiger partial charge on any atom is -0.324 e. The summed E-state index contributed by atoms with van der Waals surface area (Å²) in [6.45, 7) is 0. The van der Waals surface area contributed by atoms with Crippen LogP contribution in [-0.2, 0) is 19.3 Å². The molecule has 0 saturated heterocycles. The van der Waals surface area contributed by atoms with Crippen LogP contribution in [0.4, 0.5) is 8.78 Å². The van der Waals surface area contributed by atoms with E-state index in [9.17, 15) is 8.78 Å². The van der Waals surface area contributed by atoms with Crippen molar-refractivity contribution in [1.29, 1.82) is 0 Å². The molecular weight excluding hydrogens is 244 g/mol. The standard InChI is InChI=1S/C16H15F2N/c17-14-6-5-11(7-15(14)18)8-16(19)9-12-3-1-2-4-13(12)10-16/h1-7H,8-10,19H2. The molecule has 0 fully saturated rings. The molecule has 0 atom stereocenters. The van der Waals surface area contributed by atoms with Gasteiger partial charge in [0.2, 0.25) is 0 Å². The second-order valence-electron chi connectivity index (χ2n) is 5.41. The van der Waals surface area contributed by atoms with E-state index in [1.807, 2.05) is 12.1 Å². The van der Waals surface area contributed by atoms with E-state index in [1.165, 1.54) is 17.2 Å². The highest BCUT2D eigenvalue weighted by Gasteiger charge is 2.33. The van der Waals surface area contributed by atoms with Gasteiger partial charge in [0.25, 0.3) is 0 Å². The third-order valence-corrected chi connectivity index (χ3v) is 3.74. The number of halogens is 2. The van der Waals surface area contributed by atoms with Gasteiger partial charge in [-0.3, -0.25) is 0 Å². The van der Waals surface area contributed by atoms with E-state index >= 15 is 0 Å². The van der Waals surface area contributed by atoms with Crippen molar-refractivity contribution in [2.24, 2.45) is 5.73 Å². The molecule has 2 N–H and O–H groups in total. The number of hydrogen-bond donors (Lipinski definition) is 1. The summed E-state index contributed by atoms with van der Waals surface area (Å²) in [5.74, 6) is -1.62. The zero-order valence-corrected chi connectivity index (χ0v) is 10.5. The Morgan fingerprint density at radius 3 is 2.16 bits per heavy atom. The lowest BCUT2D eigenvalue weighted by Gasteiger charge is -2.23. The van der Waals surface area contributed by atoms with Crippen LogP contribution in [0.15, 0.2) is 42.5 Å². The summed E-state index contributed by atoms with van der Waals surface area (Å²) in [5, 5.41) is 0. The third kappa shape index (κ3) is 2.38. The Morgan fingerprint density at radius 2 is 1.58 bits per heavy atom. The minimum atomic E-state index is -0.815. The number of nitrogens with two attached hydrogens (primary N) is 1. The van der Waals surface area contributed by atoms with Gasteiger partial charge < -0.3 is 5.73 Å². The first-order valence-corrected chi connectivity index (χ1v) is 6.35. The summed E-state index contributed by atoms with van der Waals surface area (Å²) >= 11 is 0. The summed E-state index contributed by atoms with van der Waals surface area (Å²) < 4.78 is 26.1. The Balaban J connectivity index is 1.83. The topological polar surface area (TPSA) is 26.0 Å². The summed E-state index contributed by atoms with van der Waals surface area (Å²) in [6, 6.07) is 12.2. The highest BCUT2D eigenvalue weighted by molar-refractivity contribution is 5.37. The van der Waals surface area contributed by atoms with E-state index in [0.717, 1.165) is 24.5 Å². The van der Waals surface area contributed by atoms with E-state index in [-0.39, 0.29) is 0 Å². The van der Waals surface area contributed by atoms with E-state index in [4.69, 9.17) is 5.73 Å². The van der Waals surface area contributed by atoms with Crippen LogP contribution in [0.1, 0.15) is 16.7 Å². The van der Waals surface area contributed by atoms with Gasteiger partial charge in [-0.05, 0) is 48.1 Å². The summed E-state index contributed by atoms with van der Waals surface area (Å²) in [7, 11) is 0. The molecule has 0 heterocycles. The van der Waals surface area contributed by atoms with Crippen molar-refractivity contribution in [1.82, 2.24) is 0 Å². The van der Waals surface area contributed by atoms with Crippen LogP contribution >= 0.6 is 0 Å². The first-order valence-electron chi connectivity index (χ1n) is 6.35. The molecule has 0 radical (unpaired) electrons. The third-order valence-electron chi connectivity index (χ3n) is 3.74. The molecule has 2 aromatic carbocycles. The average Bonchev–Trinajstić information content (AvgIpc) is 2.69. The van der Waals surface area contributed by atoms with Gasteiger partial charge in [-0.1, -0.05) is 30.3 Å². The molecule has 1 aliphatic rings. The summed E-state index contributed by atoms with van der Waals surface area (Å²) in [6.07, 6.45) is 2.11. The van der Waals surface area contributed by atoms with Crippen LogP contribution in [0.5, 0.6) is 0 Å². The van der Waals surface area contributed by atoms with Crippen molar-refractivity contribution >= 4 is 0 Å². The van der Waals surface area contributed by atoms with E-state index in [1.54, 1.807) is 6.07 Å². The maximum absolute atomic E-state index is 13.2. The molecule has 3 rings (SSSR count). The zero-order valence-electron chi connectivity index (χ0n) is 10.5. The normalized spacial score (nSPS) is 16.4. The fraction of sp³-hybridized carbons (Fsp3) is 0.250. The molecule has 1 nitrogen and oxygen atoms in total. The van der Waals surface area contributed by atoms with Gasteiger partial charge in [-0.2, -0.15) is 0 Å². The Bertz CT molecular complexity index is 597. The molecule has 0 aliphatic heterocycles. The van der Waals surface area contributed by atoms with Gasteiger partial charge >= 0.3 is 0 Å². The molecule has 1 aliphatic carbocycles. The highest BCUT2D eigenvalue weighted by atomic mass is 19.2. The minimum absolute atomic E-state index is 0.395. The maximum atomic E-state index is 13.2. The second-order valence-corrected chi connectivity index (χ2v) is 5.41. The highest BCUT2D eigenvalue weighted by Crippen LogP contribution is 2.31. The molecule has 0 saturated carbocycles. The van der Waals surface area contributed by atoms with Crippen molar-refractivity contribution in [3.05, 3.63) is 70.8 Å². The van der Waals surface area contributed by atoms with Crippen LogP contribution in [0, 0.1) is 11.6 Å². The van der Waals surface area contributed by atoms with Crippen LogP contribution in [0.2, 0.25) is 0 Å². The molecule has 98 valence electrons. The van der Waals surface area contributed by atoms with Crippen LogP contribution in [0.3, 0.4) is 0 Å². The largest absolute Gasteiger partial charge is 0.324 e. The van der Waals surface area contributed by atoms with Crippen molar-refractivity contribution < 1.29 is 8.78 Å². The fourth-order valence-electron chi connectivity index (χ4n) is 2.90. The SMILES string of the molecule is NC1(Cc2ccc(F)c(F)c2)Cc2ccccc2C1. The Morgan fingerprint density at radius 1 is 0.947 bits per heavy atom. The van der Waals surface area contributed by atoms with Crippen LogP contribution in [0.25, 0.3) is 0 Å². The molecule has 0 aromatic heterocycles. The summed E-state index contributed by atoms with van der Waals surface area (Å²) in [5.41, 5.74) is 9.28. The molecule has 3 heteroatoms. The zero-order chi connectivity index (χ0) is 13.5. The van der Waals surface area contributed by atoms with E-state index in [0.29, 0.717) is 6.42 Å². The molecule has 0 amide bonds. The monoisotopic (exact) mass is 259 g/mol. The first kappa shape index (κ1) is 12.3. The van der Waals surface area contributed by atoms with Gasteiger partial charge in [-0.25, -0.2) is 8.78 Å². The van der Waals surface area contributed by atoms with Gasteiger partial charge in [0.1, 0.15) is 0 Å². The molecule has 0 unspecified atom stereocenters. The van der Waals surface area contributed by atoms with Gasteiger partial charge in [0.05, 0.1) is 0 Å². The number of hydrogen-bond acceptors (Lipinski definition) is 1. The molecule has 2 aromatic rings. The maximum Gasteiger partial charge on any atom is 0.159 e. The van der Waals surface area contributed by atoms with Gasteiger partial charge in [-0.15, -0.1) is 0 Å². The predicted molar refractivity (Wildman–Crippen MR) is 70.8 cm³/mol. The lowest BCUT2D eigenvalue weighted by molar-refractivity contribution is 0.442. The lowest BCUT2D eigenvalue weighted by Crippen LogP contribution is -2.43. The Hall–Kier alpha value is -1.74. The number of rotatable bonds is 2. The first-order chi connectivity index (χ1) is 9.06. The molecule has 19 heavy (non-hydrogen) atoms. The van der Waals surface area contributed by atoms with Crippen LogP contribution in [-0.4, -0.2) is 5.54 Å². The fourth-order valence-corrected chi connectivity index (χ4v) is 2.90. The van der Waals surface area contributed by atoms with E-state index < -0.39 is 17.2 Å². The molecule has 0 bridgehead atoms. The van der Waals surface area contributed by atoms with E-state index in [2.05, 4.69) is 12.1 Å². The van der Waals surface area contributed by atoms with Gasteiger partial charge in [0, 0.05) is 5.54 Å². The van der Waals surface area contributed by atoms with Gasteiger partial charge in [0.15, 0.2) is 11.6 Å². The quantitative estimate of drug-likeness (QED) is 0.881. The smallest absolute Gasteiger partial charge is 0.159 e. The van der Waals surface area contributed by atoms with Crippen LogP contribution < -0.4 is 5.73 Å². The number of fused-ring (bicyclic) bond motifs is 1. The van der Waals surface area contributed by atoms with Crippen molar-refractivity contribution in [2.75, 3.05) is 0 Å². The summed E-state index contributed by atoms with van der Waals surface area (Å²) in [4.78, 5) is 0.